The van der Waals surface area contributed by atoms with Gasteiger partial charge < -0.3 is 9.64 Å². The van der Waals surface area contributed by atoms with Gasteiger partial charge in [-0.15, -0.1) is 11.8 Å². The van der Waals surface area contributed by atoms with Gasteiger partial charge in [-0.05, 0) is 37.0 Å². The lowest BCUT2D eigenvalue weighted by Gasteiger charge is -2.33. The summed E-state index contributed by atoms with van der Waals surface area (Å²) in [6.07, 6.45) is 8.11. The van der Waals surface area contributed by atoms with Crippen LogP contribution in [0.25, 0.3) is 0 Å². The van der Waals surface area contributed by atoms with E-state index in [2.05, 4.69) is 16.1 Å². The lowest BCUT2D eigenvalue weighted by molar-refractivity contribution is 0.260. The normalized spacial score (nSPS) is 27.6. The summed E-state index contributed by atoms with van der Waals surface area (Å²) in [6, 6.07) is 2.61. The van der Waals surface area contributed by atoms with Gasteiger partial charge >= 0.3 is 0 Å². The Kier molecular flexibility index (Phi) is 1.96. The van der Waals surface area contributed by atoms with Crippen molar-refractivity contribution in [2.45, 2.75) is 30.2 Å². The summed E-state index contributed by atoms with van der Waals surface area (Å²) < 4.78 is 5.96. The summed E-state index contributed by atoms with van der Waals surface area (Å²) in [6.45, 7) is 2.03. The second-order valence-electron chi connectivity index (χ2n) is 5.46. The SMILES string of the molecule is CSc1ccnc2c1OCC1CC3(CC3)CN21. The van der Waals surface area contributed by atoms with Gasteiger partial charge in [-0.25, -0.2) is 4.98 Å². The van der Waals surface area contributed by atoms with Crippen LogP contribution in [0.2, 0.25) is 0 Å². The summed E-state index contributed by atoms with van der Waals surface area (Å²) in [4.78, 5) is 8.26. The van der Waals surface area contributed by atoms with E-state index in [1.165, 1.54) is 30.7 Å². The van der Waals surface area contributed by atoms with Gasteiger partial charge in [0.05, 0.1) is 10.9 Å². The highest BCUT2D eigenvalue weighted by molar-refractivity contribution is 7.98. The first kappa shape index (κ1) is 10.1. The number of aromatic nitrogens is 1. The van der Waals surface area contributed by atoms with Gasteiger partial charge in [-0.1, -0.05) is 0 Å². The minimum absolute atomic E-state index is 0.564. The first-order chi connectivity index (χ1) is 8.31. The van der Waals surface area contributed by atoms with Crippen LogP contribution in [0.1, 0.15) is 19.3 Å². The van der Waals surface area contributed by atoms with Crippen molar-refractivity contribution in [3.63, 3.8) is 0 Å². The van der Waals surface area contributed by atoms with Crippen molar-refractivity contribution in [3.8, 4) is 5.75 Å². The number of anilines is 1. The maximum Gasteiger partial charge on any atom is 0.175 e. The molecule has 0 bridgehead atoms. The fraction of sp³-hybridized carbons (Fsp3) is 0.615. The molecule has 4 rings (SSSR count). The van der Waals surface area contributed by atoms with E-state index in [4.69, 9.17) is 4.74 Å². The number of nitrogens with zero attached hydrogens (tertiary/aromatic N) is 2. The monoisotopic (exact) mass is 248 g/mol. The Labute approximate surface area is 106 Å². The van der Waals surface area contributed by atoms with Crippen LogP contribution in [-0.2, 0) is 0 Å². The molecule has 1 atom stereocenters. The molecule has 0 radical (unpaired) electrons. The Balaban J connectivity index is 1.77. The Morgan fingerprint density at radius 3 is 3.18 bits per heavy atom. The van der Waals surface area contributed by atoms with Gasteiger partial charge in [0.1, 0.15) is 6.61 Å². The summed E-state index contributed by atoms with van der Waals surface area (Å²) in [7, 11) is 0. The second kappa shape index (κ2) is 3.31. The largest absolute Gasteiger partial charge is 0.486 e. The fourth-order valence-electron chi connectivity index (χ4n) is 3.20. The first-order valence-electron chi connectivity index (χ1n) is 6.24. The molecule has 0 aromatic carbocycles. The van der Waals surface area contributed by atoms with Crippen LogP contribution in [0.4, 0.5) is 5.82 Å². The second-order valence-corrected chi connectivity index (χ2v) is 6.31. The van der Waals surface area contributed by atoms with Gasteiger partial charge in [0.15, 0.2) is 11.6 Å². The average molecular weight is 248 g/mol. The molecule has 3 heterocycles. The van der Waals surface area contributed by atoms with E-state index < -0.39 is 0 Å². The smallest absolute Gasteiger partial charge is 0.175 e. The van der Waals surface area contributed by atoms with Crippen molar-refractivity contribution < 1.29 is 4.74 Å². The molecule has 1 aliphatic carbocycles. The van der Waals surface area contributed by atoms with Crippen LogP contribution in [0.15, 0.2) is 17.2 Å². The third-order valence-corrected chi connectivity index (χ3v) is 5.10. The van der Waals surface area contributed by atoms with Crippen molar-refractivity contribution in [2.24, 2.45) is 5.41 Å². The number of pyridine rings is 1. The van der Waals surface area contributed by atoms with Crippen molar-refractivity contribution in [1.82, 2.24) is 4.98 Å². The van der Waals surface area contributed by atoms with Crippen molar-refractivity contribution in [3.05, 3.63) is 12.3 Å². The molecule has 4 heteroatoms. The van der Waals surface area contributed by atoms with Crippen LogP contribution in [-0.4, -0.2) is 30.4 Å². The van der Waals surface area contributed by atoms with Crippen molar-refractivity contribution in [2.75, 3.05) is 24.3 Å². The van der Waals surface area contributed by atoms with Crippen LogP contribution < -0.4 is 9.64 Å². The van der Waals surface area contributed by atoms with Gasteiger partial charge in [0.25, 0.3) is 0 Å². The standard InChI is InChI=1S/C13H16N2OS/c1-17-10-2-5-14-12-11(10)16-7-9-6-13(3-4-13)8-15(9)12/h2,5,9H,3-4,6-8H2,1H3. The fourth-order valence-corrected chi connectivity index (χ4v) is 3.73. The van der Waals surface area contributed by atoms with Gasteiger partial charge in [0, 0.05) is 12.7 Å². The summed E-state index contributed by atoms with van der Waals surface area (Å²) in [5.74, 6) is 2.09. The number of thioether (sulfide) groups is 1. The molecule has 3 aliphatic rings. The predicted molar refractivity (Wildman–Crippen MR) is 68.9 cm³/mol. The number of hydrogen-bond donors (Lipinski definition) is 0. The van der Waals surface area contributed by atoms with E-state index in [9.17, 15) is 0 Å². The zero-order valence-electron chi connectivity index (χ0n) is 9.98. The highest BCUT2D eigenvalue weighted by atomic mass is 32.2. The minimum atomic E-state index is 0.564. The predicted octanol–water partition coefficient (Wildman–Crippen LogP) is 2.55. The van der Waals surface area contributed by atoms with E-state index in [1.54, 1.807) is 11.8 Å². The molecule has 90 valence electrons. The minimum Gasteiger partial charge on any atom is -0.486 e. The molecule has 0 N–H and O–H groups in total. The molecule has 2 aliphatic heterocycles. The van der Waals surface area contributed by atoms with E-state index in [1.807, 2.05) is 12.3 Å². The number of hydrogen-bond acceptors (Lipinski definition) is 4. The average Bonchev–Trinajstić information content (AvgIpc) is 2.99. The third-order valence-electron chi connectivity index (χ3n) is 4.33. The lowest BCUT2D eigenvalue weighted by Crippen LogP contribution is -2.38. The zero-order valence-corrected chi connectivity index (χ0v) is 10.8. The van der Waals surface area contributed by atoms with E-state index in [-0.39, 0.29) is 0 Å². The van der Waals surface area contributed by atoms with Crippen molar-refractivity contribution in [1.29, 1.82) is 0 Å². The highest BCUT2D eigenvalue weighted by Gasteiger charge is 2.54. The Hall–Kier alpha value is -0.900. The molecule has 3 nitrogen and oxygen atoms in total. The Morgan fingerprint density at radius 1 is 1.53 bits per heavy atom. The molecule has 1 spiro atoms. The van der Waals surface area contributed by atoms with Crippen LogP contribution in [0.3, 0.4) is 0 Å². The molecule has 1 saturated heterocycles. The quantitative estimate of drug-likeness (QED) is 0.713. The van der Waals surface area contributed by atoms with Gasteiger partial charge in [0.2, 0.25) is 0 Å². The Bertz CT molecular complexity index is 472. The summed E-state index contributed by atoms with van der Waals surface area (Å²) >= 11 is 1.74. The van der Waals surface area contributed by atoms with Crippen molar-refractivity contribution >= 4 is 17.6 Å². The van der Waals surface area contributed by atoms with E-state index in [0.717, 1.165) is 18.2 Å². The maximum absolute atomic E-state index is 5.96. The molecular formula is C13H16N2OS. The lowest BCUT2D eigenvalue weighted by atomic mass is 10.0. The number of ether oxygens (including phenoxy) is 1. The first-order valence-corrected chi connectivity index (χ1v) is 7.46. The number of rotatable bonds is 1. The highest BCUT2D eigenvalue weighted by Crippen LogP contribution is 2.57. The zero-order chi connectivity index (χ0) is 11.5. The molecular weight excluding hydrogens is 232 g/mol. The van der Waals surface area contributed by atoms with Crippen LogP contribution in [0, 0.1) is 5.41 Å². The van der Waals surface area contributed by atoms with E-state index >= 15 is 0 Å². The molecule has 1 saturated carbocycles. The Morgan fingerprint density at radius 2 is 2.41 bits per heavy atom. The van der Waals surface area contributed by atoms with Crippen LogP contribution in [0.5, 0.6) is 5.75 Å². The molecule has 0 amide bonds. The number of fused-ring (bicyclic) bond motifs is 3. The molecule has 2 fully saturated rings. The molecule has 1 aromatic heterocycles. The third kappa shape index (κ3) is 1.39. The maximum atomic E-state index is 5.96. The summed E-state index contributed by atoms with van der Waals surface area (Å²) in [5.41, 5.74) is 0.618. The van der Waals surface area contributed by atoms with E-state index in [0.29, 0.717) is 11.5 Å². The van der Waals surface area contributed by atoms with Gasteiger partial charge in [-0.3, -0.25) is 0 Å². The van der Waals surface area contributed by atoms with Crippen LogP contribution >= 0.6 is 11.8 Å². The van der Waals surface area contributed by atoms with Gasteiger partial charge in [-0.2, -0.15) is 0 Å². The molecule has 1 aromatic rings. The molecule has 1 unspecified atom stereocenters. The summed E-state index contributed by atoms with van der Waals surface area (Å²) in [5, 5.41) is 0. The topological polar surface area (TPSA) is 25.4 Å². The molecule has 17 heavy (non-hydrogen) atoms.